The lowest BCUT2D eigenvalue weighted by Gasteiger charge is -2.15. The fourth-order valence-corrected chi connectivity index (χ4v) is 2.12. The van der Waals surface area contributed by atoms with Crippen molar-refractivity contribution in [3.8, 4) is 0 Å². The molecule has 0 aliphatic carbocycles. The van der Waals surface area contributed by atoms with Crippen molar-refractivity contribution in [2.75, 3.05) is 5.73 Å². The van der Waals surface area contributed by atoms with E-state index in [9.17, 15) is 4.79 Å². The smallest absolute Gasteiger partial charge is 0.220 e. The van der Waals surface area contributed by atoms with Gasteiger partial charge in [-0.05, 0) is 43.4 Å². The Morgan fingerprint density at radius 1 is 1.33 bits per heavy atom. The molecule has 0 heterocycles. The van der Waals surface area contributed by atoms with Gasteiger partial charge in [-0.2, -0.15) is 0 Å². The highest BCUT2D eigenvalue weighted by molar-refractivity contribution is 5.76. The Morgan fingerprint density at radius 2 is 2.06 bits per heavy atom. The largest absolute Gasteiger partial charge is 0.399 e. The molecule has 3 nitrogen and oxygen atoms in total. The predicted molar refractivity (Wildman–Crippen MR) is 76.2 cm³/mol. The van der Waals surface area contributed by atoms with E-state index in [0.717, 1.165) is 24.1 Å². The summed E-state index contributed by atoms with van der Waals surface area (Å²) in [6.45, 7) is 6.38. The van der Waals surface area contributed by atoms with Gasteiger partial charge in [0.15, 0.2) is 0 Å². The van der Waals surface area contributed by atoms with Crippen molar-refractivity contribution in [1.82, 2.24) is 5.32 Å². The Kier molecular flexibility index (Phi) is 5.69. The monoisotopic (exact) mass is 248 g/mol. The Bertz CT molecular complexity index is 388. The van der Waals surface area contributed by atoms with E-state index in [-0.39, 0.29) is 11.9 Å². The van der Waals surface area contributed by atoms with Crippen LogP contribution in [0.25, 0.3) is 0 Å². The van der Waals surface area contributed by atoms with E-state index in [1.54, 1.807) is 0 Å². The lowest BCUT2D eigenvalue weighted by Crippen LogP contribution is -2.33. The highest BCUT2D eigenvalue weighted by Gasteiger charge is 2.09. The Hall–Kier alpha value is -1.51. The van der Waals surface area contributed by atoms with Crippen LogP contribution in [0, 0.1) is 5.92 Å². The van der Waals surface area contributed by atoms with Crippen LogP contribution in [0.15, 0.2) is 24.3 Å². The van der Waals surface area contributed by atoms with Gasteiger partial charge in [-0.25, -0.2) is 0 Å². The maximum Gasteiger partial charge on any atom is 0.220 e. The van der Waals surface area contributed by atoms with E-state index in [1.165, 1.54) is 0 Å². The van der Waals surface area contributed by atoms with Gasteiger partial charge in [0.2, 0.25) is 5.91 Å². The number of aryl methyl sites for hydroxylation is 1. The van der Waals surface area contributed by atoms with Gasteiger partial charge in [0, 0.05) is 18.2 Å². The second kappa shape index (κ2) is 7.04. The molecule has 0 saturated heterocycles. The number of hydrogen-bond donors (Lipinski definition) is 2. The molecule has 100 valence electrons. The minimum Gasteiger partial charge on any atom is -0.399 e. The number of nitrogens with one attached hydrogen (secondary N) is 1. The average molecular weight is 248 g/mol. The molecule has 0 saturated carbocycles. The van der Waals surface area contributed by atoms with Crippen LogP contribution < -0.4 is 11.1 Å². The third kappa shape index (κ3) is 5.71. The normalized spacial score (nSPS) is 12.4. The van der Waals surface area contributed by atoms with Gasteiger partial charge in [-0.1, -0.05) is 26.0 Å². The van der Waals surface area contributed by atoms with Crippen molar-refractivity contribution in [2.24, 2.45) is 5.92 Å². The highest BCUT2D eigenvalue weighted by atomic mass is 16.1. The Morgan fingerprint density at radius 3 is 2.67 bits per heavy atom. The third-order valence-electron chi connectivity index (χ3n) is 2.82. The maximum atomic E-state index is 11.8. The van der Waals surface area contributed by atoms with Crippen LogP contribution in [0.1, 0.15) is 39.2 Å². The van der Waals surface area contributed by atoms with Crippen molar-refractivity contribution in [3.05, 3.63) is 29.8 Å². The molecule has 0 aromatic heterocycles. The van der Waals surface area contributed by atoms with Gasteiger partial charge in [0.1, 0.15) is 0 Å². The number of amides is 1. The number of benzene rings is 1. The minimum absolute atomic E-state index is 0.116. The van der Waals surface area contributed by atoms with E-state index in [1.807, 2.05) is 24.3 Å². The molecule has 1 unspecified atom stereocenters. The molecule has 1 atom stereocenters. The first kappa shape index (κ1) is 14.6. The third-order valence-corrected chi connectivity index (χ3v) is 2.82. The molecule has 0 bridgehead atoms. The first-order valence-electron chi connectivity index (χ1n) is 6.61. The number of carbonyl (C=O) groups is 1. The summed E-state index contributed by atoms with van der Waals surface area (Å²) < 4.78 is 0. The van der Waals surface area contributed by atoms with Gasteiger partial charge in [-0.3, -0.25) is 4.79 Å². The predicted octanol–water partition coefficient (Wildman–Crippen LogP) is 2.75. The standard InChI is InChI=1S/C15H24N2O/c1-11(2)9-12(3)17-15(18)8-7-13-5-4-6-14(16)10-13/h4-6,10-12H,7-9,16H2,1-3H3,(H,17,18). The van der Waals surface area contributed by atoms with Crippen molar-refractivity contribution in [2.45, 2.75) is 46.1 Å². The summed E-state index contributed by atoms with van der Waals surface area (Å²) in [6, 6.07) is 7.95. The lowest BCUT2D eigenvalue weighted by atomic mass is 10.0. The second-order valence-corrected chi connectivity index (χ2v) is 5.34. The zero-order valence-corrected chi connectivity index (χ0v) is 11.6. The highest BCUT2D eigenvalue weighted by Crippen LogP contribution is 2.09. The maximum absolute atomic E-state index is 11.8. The van der Waals surface area contributed by atoms with E-state index in [4.69, 9.17) is 5.73 Å². The first-order valence-corrected chi connectivity index (χ1v) is 6.61. The van der Waals surface area contributed by atoms with Gasteiger partial charge in [-0.15, -0.1) is 0 Å². The van der Waals surface area contributed by atoms with E-state index >= 15 is 0 Å². The van der Waals surface area contributed by atoms with Gasteiger partial charge in [0.25, 0.3) is 0 Å². The van der Waals surface area contributed by atoms with Crippen LogP contribution in [-0.4, -0.2) is 11.9 Å². The number of hydrogen-bond acceptors (Lipinski definition) is 2. The van der Waals surface area contributed by atoms with E-state index < -0.39 is 0 Å². The van der Waals surface area contributed by atoms with Gasteiger partial charge < -0.3 is 11.1 Å². The van der Waals surface area contributed by atoms with Gasteiger partial charge in [0.05, 0.1) is 0 Å². The molecule has 1 aromatic rings. The van der Waals surface area contributed by atoms with Crippen molar-refractivity contribution in [3.63, 3.8) is 0 Å². The summed E-state index contributed by atoms with van der Waals surface area (Å²) in [5.41, 5.74) is 7.56. The van der Waals surface area contributed by atoms with Crippen molar-refractivity contribution < 1.29 is 4.79 Å². The summed E-state index contributed by atoms with van der Waals surface area (Å²) in [4.78, 5) is 11.8. The topological polar surface area (TPSA) is 55.1 Å². The molecule has 1 amide bonds. The number of anilines is 1. The molecule has 0 aliphatic heterocycles. The summed E-state index contributed by atoms with van der Waals surface area (Å²) in [5, 5.41) is 3.03. The number of nitrogens with two attached hydrogens (primary N) is 1. The van der Waals surface area contributed by atoms with Gasteiger partial charge >= 0.3 is 0 Å². The zero-order valence-electron chi connectivity index (χ0n) is 11.6. The molecule has 0 spiro atoms. The SMILES string of the molecule is CC(C)CC(C)NC(=O)CCc1cccc(N)c1. The summed E-state index contributed by atoms with van der Waals surface area (Å²) >= 11 is 0. The number of nitrogen functional groups attached to an aromatic ring is 1. The fourth-order valence-electron chi connectivity index (χ4n) is 2.12. The van der Waals surface area contributed by atoms with Crippen LogP contribution in [0.5, 0.6) is 0 Å². The Labute approximate surface area is 110 Å². The molecular weight excluding hydrogens is 224 g/mol. The first-order chi connectivity index (χ1) is 8.47. The number of rotatable bonds is 6. The quantitative estimate of drug-likeness (QED) is 0.761. The van der Waals surface area contributed by atoms with E-state index in [2.05, 4.69) is 26.1 Å². The van der Waals surface area contributed by atoms with Crippen molar-refractivity contribution >= 4 is 11.6 Å². The van der Waals surface area contributed by atoms with Crippen LogP contribution >= 0.6 is 0 Å². The second-order valence-electron chi connectivity index (χ2n) is 5.34. The lowest BCUT2D eigenvalue weighted by molar-refractivity contribution is -0.121. The molecule has 3 N–H and O–H groups in total. The van der Waals surface area contributed by atoms with Crippen molar-refractivity contribution in [1.29, 1.82) is 0 Å². The minimum atomic E-state index is 0.116. The average Bonchev–Trinajstić information content (AvgIpc) is 2.25. The fraction of sp³-hybridized carbons (Fsp3) is 0.533. The number of carbonyl (C=O) groups excluding carboxylic acids is 1. The molecular formula is C15H24N2O. The van der Waals surface area contributed by atoms with Crippen LogP contribution in [-0.2, 0) is 11.2 Å². The molecule has 0 aliphatic rings. The summed E-state index contributed by atoms with van der Waals surface area (Å²) in [5.74, 6) is 0.722. The van der Waals surface area contributed by atoms with Crippen LogP contribution in [0.2, 0.25) is 0 Å². The summed E-state index contributed by atoms with van der Waals surface area (Å²) in [6.07, 6.45) is 2.28. The molecule has 18 heavy (non-hydrogen) atoms. The van der Waals surface area contributed by atoms with E-state index in [0.29, 0.717) is 12.3 Å². The molecule has 3 heteroatoms. The van der Waals surface area contributed by atoms with Crippen LogP contribution in [0.4, 0.5) is 5.69 Å². The molecule has 0 fully saturated rings. The zero-order chi connectivity index (χ0) is 13.5. The molecule has 1 aromatic carbocycles. The Balaban J connectivity index is 2.33. The van der Waals surface area contributed by atoms with Crippen LogP contribution in [0.3, 0.4) is 0 Å². The summed E-state index contributed by atoms with van der Waals surface area (Å²) in [7, 11) is 0. The molecule has 1 rings (SSSR count). The molecule has 0 radical (unpaired) electrons.